The zero-order valence-electron chi connectivity index (χ0n) is 14.0. The van der Waals surface area contributed by atoms with E-state index in [9.17, 15) is 18.0 Å². The zero-order chi connectivity index (χ0) is 19.8. The highest BCUT2D eigenvalue weighted by Gasteiger charge is 2.16. The molecule has 27 heavy (non-hydrogen) atoms. The fourth-order valence-corrected chi connectivity index (χ4v) is 3.12. The van der Waals surface area contributed by atoms with Crippen LogP contribution in [0.15, 0.2) is 52.3 Å². The standard InChI is InChI=1S/C17H14ClN3O5S/c1-10-2-4-13(27(19,24)25)7-14(10)17(23)26-9-12-6-16(22)21-8-11(18)3-5-15(21)20-12/h2-8H,9H2,1H3,(H2,19,24,25). The van der Waals surface area contributed by atoms with E-state index >= 15 is 0 Å². The molecular weight excluding hydrogens is 394 g/mol. The molecule has 0 aliphatic heterocycles. The monoisotopic (exact) mass is 407 g/mol. The molecule has 3 aromatic rings. The topological polar surface area (TPSA) is 121 Å². The largest absolute Gasteiger partial charge is 0.456 e. The van der Waals surface area contributed by atoms with Crippen LogP contribution >= 0.6 is 11.6 Å². The van der Waals surface area contributed by atoms with E-state index in [1.165, 1.54) is 28.8 Å². The lowest BCUT2D eigenvalue weighted by molar-refractivity contribution is 0.0466. The zero-order valence-corrected chi connectivity index (χ0v) is 15.6. The van der Waals surface area contributed by atoms with E-state index in [1.54, 1.807) is 19.1 Å². The summed E-state index contributed by atoms with van der Waals surface area (Å²) in [6.07, 6.45) is 1.43. The predicted octanol–water partition coefficient (Wildman–Crippen LogP) is 1.66. The molecule has 10 heteroatoms. The van der Waals surface area contributed by atoms with Crippen LogP contribution in [0.5, 0.6) is 0 Å². The molecule has 0 spiro atoms. The van der Waals surface area contributed by atoms with E-state index < -0.39 is 16.0 Å². The number of aryl methyl sites for hydroxylation is 1. The van der Waals surface area contributed by atoms with Gasteiger partial charge in [0.15, 0.2) is 0 Å². The Kier molecular flexibility index (Phi) is 5.01. The maximum absolute atomic E-state index is 12.3. The van der Waals surface area contributed by atoms with Gasteiger partial charge in [0.2, 0.25) is 10.0 Å². The van der Waals surface area contributed by atoms with E-state index in [4.69, 9.17) is 21.5 Å². The molecule has 0 saturated carbocycles. The molecule has 0 atom stereocenters. The molecule has 3 rings (SSSR count). The predicted molar refractivity (Wildman–Crippen MR) is 98.1 cm³/mol. The van der Waals surface area contributed by atoms with Crippen LogP contribution in [0, 0.1) is 6.92 Å². The van der Waals surface area contributed by atoms with Crippen LogP contribution in [-0.2, 0) is 21.4 Å². The highest BCUT2D eigenvalue weighted by molar-refractivity contribution is 7.89. The number of aromatic nitrogens is 2. The number of rotatable bonds is 4. The molecule has 140 valence electrons. The molecule has 2 aromatic heterocycles. The Hall–Kier alpha value is -2.75. The number of hydrogen-bond donors (Lipinski definition) is 1. The van der Waals surface area contributed by atoms with Crippen LogP contribution in [0.4, 0.5) is 0 Å². The van der Waals surface area contributed by atoms with Crippen LogP contribution < -0.4 is 10.7 Å². The second-order valence-corrected chi connectivity index (χ2v) is 7.76. The molecular formula is C17H14ClN3O5S. The third-order valence-electron chi connectivity index (χ3n) is 3.79. The lowest BCUT2D eigenvalue weighted by Gasteiger charge is -2.09. The van der Waals surface area contributed by atoms with Crippen LogP contribution in [-0.4, -0.2) is 23.8 Å². The average Bonchev–Trinajstić information content (AvgIpc) is 2.59. The van der Waals surface area contributed by atoms with Crippen LogP contribution in [0.2, 0.25) is 5.02 Å². The van der Waals surface area contributed by atoms with Crippen LogP contribution in [0.25, 0.3) is 5.65 Å². The van der Waals surface area contributed by atoms with E-state index in [1.807, 2.05) is 0 Å². The smallest absolute Gasteiger partial charge is 0.338 e. The molecule has 0 aliphatic carbocycles. The number of pyridine rings is 1. The second-order valence-electron chi connectivity index (χ2n) is 5.76. The number of sulfonamides is 1. The molecule has 0 saturated heterocycles. The van der Waals surface area contributed by atoms with Gasteiger partial charge in [0.05, 0.1) is 21.2 Å². The van der Waals surface area contributed by atoms with E-state index in [0.29, 0.717) is 16.2 Å². The summed E-state index contributed by atoms with van der Waals surface area (Å²) in [5, 5.41) is 5.47. The summed E-state index contributed by atoms with van der Waals surface area (Å²) in [7, 11) is -3.95. The summed E-state index contributed by atoms with van der Waals surface area (Å²) in [5.41, 5.74) is 0.807. The summed E-state index contributed by atoms with van der Waals surface area (Å²) in [4.78, 5) is 28.5. The molecule has 0 radical (unpaired) electrons. The van der Waals surface area contributed by atoms with Crippen molar-refractivity contribution in [3.63, 3.8) is 0 Å². The lowest BCUT2D eigenvalue weighted by Crippen LogP contribution is -2.17. The number of carbonyl (C=O) groups excluding carboxylic acids is 1. The molecule has 0 aliphatic rings. The number of halogens is 1. The van der Waals surface area contributed by atoms with Crippen LogP contribution in [0.3, 0.4) is 0 Å². The first-order chi connectivity index (χ1) is 12.6. The highest BCUT2D eigenvalue weighted by atomic mass is 35.5. The van der Waals surface area contributed by atoms with Crippen molar-refractivity contribution >= 4 is 33.2 Å². The van der Waals surface area contributed by atoms with Crippen molar-refractivity contribution in [3.05, 3.63) is 74.8 Å². The van der Waals surface area contributed by atoms with Gasteiger partial charge in [-0.1, -0.05) is 17.7 Å². The van der Waals surface area contributed by atoms with Gasteiger partial charge in [-0.05, 0) is 36.8 Å². The molecule has 8 nitrogen and oxygen atoms in total. The van der Waals surface area contributed by atoms with Gasteiger partial charge in [0.25, 0.3) is 5.56 Å². The normalized spacial score (nSPS) is 11.5. The second kappa shape index (κ2) is 7.10. The lowest BCUT2D eigenvalue weighted by atomic mass is 10.1. The molecule has 1 aromatic carbocycles. The quantitative estimate of drug-likeness (QED) is 0.656. The van der Waals surface area contributed by atoms with Gasteiger partial charge in [-0.3, -0.25) is 9.20 Å². The molecule has 0 fully saturated rings. The van der Waals surface area contributed by atoms with Crippen molar-refractivity contribution in [1.29, 1.82) is 0 Å². The summed E-state index contributed by atoms with van der Waals surface area (Å²) in [5.74, 6) is -0.754. The Labute approximate surface area is 159 Å². The number of fused-ring (bicyclic) bond motifs is 1. The molecule has 2 heterocycles. The third kappa shape index (κ3) is 4.16. The van der Waals surface area contributed by atoms with E-state index in [2.05, 4.69) is 4.98 Å². The summed E-state index contributed by atoms with van der Waals surface area (Å²) in [6, 6.07) is 8.29. The molecule has 0 unspecified atom stereocenters. The Bertz CT molecular complexity index is 1220. The van der Waals surface area contributed by atoms with E-state index in [0.717, 1.165) is 6.07 Å². The number of primary sulfonamides is 1. The summed E-state index contributed by atoms with van der Waals surface area (Å²) >= 11 is 5.85. The minimum absolute atomic E-state index is 0.0609. The Morgan fingerprint density at radius 3 is 2.70 bits per heavy atom. The number of ether oxygens (including phenoxy) is 1. The number of carbonyl (C=O) groups is 1. The Morgan fingerprint density at radius 1 is 1.26 bits per heavy atom. The summed E-state index contributed by atoms with van der Waals surface area (Å²) < 4.78 is 29.4. The Morgan fingerprint density at radius 2 is 2.00 bits per heavy atom. The molecule has 0 amide bonds. The van der Waals surface area contributed by atoms with Gasteiger partial charge in [-0.15, -0.1) is 0 Å². The first-order valence-electron chi connectivity index (χ1n) is 7.63. The maximum Gasteiger partial charge on any atom is 0.338 e. The highest BCUT2D eigenvalue weighted by Crippen LogP contribution is 2.16. The van der Waals surface area contributed by atoms with Gasteiger partial charge < -0.3 is 4.74 Å². The van der Waals surface area contributed by atoms with Crippen molar-refractivity contribution in [1.82, 2.24) is 9.38 Å². The SMILES string of the molecule is Cc1ccc(S(N)(=O)=O)cc1C(=O)OCc1cc(=O)n2cc(Cl)ccc2n1. The van der Waals surface area contributed by atoms with Gasteiger partial charge in [0, 0.05) is 12.3 Å². The van der Waals surface area contributed by atoms with Crippen LogP contribution in [0.1, 0.15) is 21.6 Å². The van der Waals surface area contributed by atoms with Crippen molar-refractivity contribution in [2.75, 3.05) is 0 Å². The van der Waals surface area contributed by atoms with Gasteiger partial charge >= 0.3 is 5.97 Å². The summed E-state index contributed by atoms with van der Waals surface area (Å²) in [6.45, 7) is 1.38. The van der Waals surface area contributed by atoms with Crippen molar-refractivity contribution in [3.8, 4) is 0 Å². The van der Waals surface area contributed by atoms with E-state index in [-0.39, 0.29) is 28.3 Å². The van der Waals surface area contributed by atoms with Crippen molar-refractivity contribution in [2.24, 2.45) is 5.14 Å². The van der Waals surface area contributed by atoms with Gasteiger partial charge in [-0.2, -0.15) is 0 Å². The number of esters is 1. The van der Waals surface area contributed by atoms with Crippen molar-refractivity contribution in [2.45, 2.75) is 18.4 Å². The first-order valence-corrected chi connectivity index (χ1v) is 9.56. The minimum Gasteiger partial charge on any atom is -0.456 e. The molecule has 0 bridgehead atoms. The fourth-order valence-electron chi connectivity index (χ4n) is 2.42. The fraction of sp³-hybridized carbons (Fsp3) is 0.118. The Balaban J connectivity index is 1.85. The molecule has 2 N–H and O–H groups in total. The first kappa shape index (κ1) is 19.0. The van der Waals surface area contributed by atoms with Crippen molar-refractivity contribution < 1.29 is 17.9 Å². The van der Waals surface area contributed by atoms with Gasteiger partial charge in [-0.25, -0.2) is 23.3 Å². The third-order valence-corrected chi connectivity index (χ3v) is 4.92. The number of benzene rings is 1. The minimum atomic E-state index is -3.95. The number of nitrogens with zero attached hydrogens (tertiary/aromatic N) is 2. The maximum atomic E-state index is 12.3. The average molecular weight is 408 g/mol. The number of hydrogen-bond acceptors (Lipinski definition) is 6. The van der Waals surface area contributed by atoms with Gasteiger partial charge in [0.1, 0.15) is 12.3 Å². The number of nitrogens with two attached hydrogens (primary N) is 1.